The fraction of sp³-hybridized carbons (Fsp3) is 0.333. The van der Waals surface area contributed by atoms with Crippen molar-refractivity contribution in [3.8, 4) is 0 Å². The van der Waals surface area contributed by atoms with Gasteiger partial charge in [-0.05, 0) is 24.5 Å². The molecule has 3 heterocycles. The number of alkyl halides is 3. The van der Waals surface area contributed by atoms with E-state index < -0.39 is 12.1 Å². The van der Waals surface area contributed by atoms with Gasteiger partial charge in [0, 0.05) is 31.2 Å². The summed E-state index contributed by atoms with van der Waals surface area (Å²) in [5.41, 5.74) is 8.51. The molecule has 0 saturated carbocycles. The maximum atomic E-state index is 12.9. The van der Waals surface area contributed by atoms with Crippen molar-refractivity contribution in [3.05, 3.63) is 60.2 Å². The molecule has 170 valence electrons. The van der Waals surface area contributed by atoms with Crippen LogP contribution in [-0.4, -0.2) is 62.6 Å². The van der Waals surface area contributed by atoms with Crippen molar-refractivity contribution >= 4 is 22.9 Å². The number of halogens is 3. The van der Waals surface area contributed by atoms with Crippen LogP contribution in [-0.2, 0) is 10.2 Å². The van der Waals surface area contributed by atoms with Crippen LogP contribution in [0.4, 0.5) is 13.2 Å². The summed E-state index contributed by atoms with van der Waals surface area (Å²) in [5.74, 6) is -2.79. The molecule has 1 saturated heterocycles. The van der Waals surface area contributed by atoms with E-state index in [1.807, 2.05) is 29.2 Å². The highest BCUT2D eigenvalue weighted by Crippen LogP contribution is 2.35. The molecule has 1 aromatic carbocycles. The Labute approximate surface area is 181 Å². The molecule has 0 unspecified atom stereocenters. The van der Waals surface area contributed by atoms with E-state index in [-0.39, 0.29) is 11.3 Å². The number of aromatic amines is 1. The smallest absolute Gasteiger partial charge is 0.475 e. The van der Waals surface area contributed by atoms with E-state index in [9.17, 15) is 18.0 Å². The SMILES string of the molecule is NCC1(c2ccccc2)CCN(C(=O)c2ncnc3[nH]ccc23)CC1.O=C(O)C(F)(F)F. The number of amides is 1. The minimum absolute atomic E-state index is 0.0364. The quantitative estimate of drug-likeness (QED) is 0.565. The van der Waals surface area contributed by atoms with Crippen molar-refractivity contribution in [1.29, 1.82) is 0 Å². The van der Waals surface area contributed by atoms with Gasteiger partial charge in [0.25, 0.3) is 5.91 Å². The van der Waals surface area contributed by atoms with E-state index >= 15 is 0 Å². The lowest BCUT2D eigenvalue weighted by Crippen LogP contribution is -2.48. The Balaban J connectivity index is 0.000000360. The molecule has 32 heavy (non-hydrogen) atoms. The highest BCUT2D eigenvalue weighted by molar-refractivity contribution is 6.03. The van der Waals surface area contributed by atoms with Gasteiger partial charge in [-0.15, -0.1) is 0 Å². The van der Waals surface area contributed by atoms with Crippen molar-refractivity contribution in [1.82, 2.24) is 19.9 Å². The molecule has 1 fully saturated rings. The van der Waals surface area contributed by atoms with E-state index in [2.05, 4.69) is 27.1 Å². The topological polar surface area (TPSA) is 125 Å². The van der Waals surface area contributed by atoms with Crippen LogP contribution in [0.2, 0.25) is 0 Å². The third-order valence-corrected chi connectivity index (χ3v) is 5.58. The number of rotatable bonds is 3. The summed E-state index contributed by atoms with van der Waals surface area (Å²) < 4.78 is 31.7. The summed E-state index contributed by atoms with van der Waals surface area (Å²) in [6, 6.07) is 12.2. The normalized spacial score (nSPS) is 15.7. The van der Waals surface area contributed by atoms with Crippen LogP contribution in [0, 0.1) is 0 Å². The molecule has 3 aromatic rings. The number of carboxylic acid groups (broad SMARTS) is 1. The Bertz CT molecular complexity index is 1080. The van der Waals surface area contributed by atoms with Gasteiger partial charge in [-0.3, -0.25) is 4.79 Å². The van der Waals surface area contributed by atoms with Gasteiger partial charge in [0.1, 0.15) is 17.7 Å². The first-order valence-electron chi connectivity index (χ1n) is 9.81. The monoisotopic (exact) mass is 449 g/mol. The second-order valence-corrected chi connectivity index (χ2v) is 7.41. The molecule has 1 aliphatic rings. The number of nitrogens with two attached hydrogens (primary N) is 1. The number of aromatic nitrogens is 3. The minimum atomic E-state index is -5.08. The molecule has 4 N–H and O–H groups in total. The van der Waals surface area contributed by atoms with Gasteiger partial charge in [-0.2, -0.15) is 13.2 Å². The van der Waals surface area contributed by atoms with E-state index in [0.717, 1.165) is 18.2 Å². The molecule has 1 aliphatic heterocycles. The predicted molar refractivity (Wildman–Crippen MR) is 110 cm³/mol. The van der Waals surface area contributed by atoms with E-state index in [1.165, 1.54) is 11.9 Å². The van der Waals surface area contributed by atoms with Gasteiger partial charge >= 0.3 is 12.1 Å². The van der Waals surface area contributed by atoms with E-state index in [0.29, 0.717) is 31.0 Å². The van der Waals surface area contributed by atoms with Gasteiger partial charge in [-0.25, -0.2) is 14.8 Å². The van der Waals surface area contributed by atoms with Gasteiger partial charge in [0.05, 0.1) is 5.39 Å². The Morgan fingerprint density at radius 2 is 1.75 bits per heavy atom. The Morgan fingerprint density at radius 1 is 1.12 bits per heavy atom. The highest BCUT2D eigenvalue weighted by Gasteiger charge is 2.38. The molecule has 0 radical (unpaired) electrons. The number of fused-ring (bicyclic) bond motifs is 1. The first kappa shape index (κ1) is 23.2. The number of carbonyl (C=O) groups is 2. The molecule has 0 spiro atoms. The summed E-state index contributed by atoms with van der Waals surface area (Å²) in [7, 11) is 0. The van der Waals surface area contributed by atoms with Gasteiger partial charge in [0.2, 0.25) is 0 Å². The van der Waals surface area contributed by atoms with Crippen LogP contribution < -0.4 is 5.73 Å². The number of hydrogen-bond acceptors (Lipinski definition) is 5. The molecule has 11 heteroatoms. The second-order valence-electron chi connectivity index (χ2n) is 7.41. The third kappa shape index (κ3) is 4.88. The molecule has 0 atom stereocenters. The number of likely N-dealkylation sites (tertiary alicyclic amines) is 1. The zero-order chi connectivity index (χ0) is 23.4. The number of hydrogen-bond donors (Lipinski definition) is 3. The highest BCUT2D eigenvalue weighted by atomic mass is 19.4. The average Bonchev–Trinajstić information content (AvgIpc) is 3.28. The molecule has 2 aromatic heterocycles. The fourth-order valence-corrected chi connectivity index (χ4v) is 3.73. The number of carbonyl (C=O) groups excluding carboxylic acids is 1. The number of piperidine rings is 1. The van der Waals surface area contributed by atoms with Gasteiger partial charge < -0.3 is 20.7 Å². The van der Waals surface area contributed by atoms with Crippen LogP contribution in [0.1, 0.15) is 28.9 Å². The van der Waals surface area contributed by atoms with E-state index in [1.54, 1.807) is 6.20 Å². The van der Waals surface area contributed by atoms with Crippen LogP contribution in [0.5, 0.6) is 0 Å². The van der Waals surface area contributed by atoms with Crippen molar-refractivity contribution in [3.63, 3.8) is 0 Å². The van der Waals surface area contributed by atoms with Crippen LogP contribution in [0.3, 0.4) is 0 Å². The van der Waals surface area contributed by atoms with Crippen LogP contribution in [0.15, 0.2) is 48.9 Å². The number of aliphatic carboxylic acids is 1. The Hall–Kier alpha value is -3.47. The zero-order valence-electron chi connectivity index (χ0n) is 17.0. The summed E-state index contributed by atoms with van der Waals surface area (Å²) in [4.78, 5) is 35.1. The first-order chi connectivity index (χ1) is 15.2. The number of H-pyrrole nitrogens is 1. The lowest BCUT2D eigenvalue weighted by Gasteiger charge is -2.41. The maximum absolute atomic E-state index is 12.9. The van der Waals surface area contributed by atoms with Crippen molar-refractivity contribution < 1.29 is 27.9 Å². The molecule has 0 aliphatic carbocycles. The third-order valence-electron chi connectivity index (χ3n) is 5.58. The van der Waals surface area contributed by atoms with Crippen molar-refractivity contribution in [2.24, 2.45) is 5.73 Å². The van der Waals surface area contributed by atoms with Crippen LogP contribution >= 0.6 is 0 Å². The van der Waals surface area contributed by atoms with Gasteiger partial charge in [-0.1, -0.05) is 30.3 Å². The predicted octanol–water partition coefficient (Wildman–Crippen LogP) is 2.72. The second kappa shape index (κ2) is 9.35. The summed E-state index contributed by atoms with van der Waals surface area (Å²) >= 11 is 0. The number of benzene rings is 1. The maximum Gasteiger partial charge on any atom is 0.490 e. The summed E-state index contributed by atoms with van der Waals surface area (Å²) in [6.45, 7) is 1.95. The van der Waals surface area contributed by atoms with Crippen molar-refractivity contribution in [2.75, 3.05) is 19.6 Å². The van der Waals surface area contributed by atoms with Crippen LogP contribution in [0.25, 0.3) is 11.0 Å². The molecular weight excluding hydrogens is 427 g/mol. The lowest BCUT2D eigenvalue weighted by molar-refractivity contribution is -0.192. The Kier molecular flexibility index (Phi) is 6.78. The molecule has 1 amide bonds. The first-order valence-corrected chi connectivity index (χ1v) is 9.81. The molecule has 8 nitrogen and oxygen atoms in total. The molecular formula is C21H22F3N5O3. The largest absolute Gasteiger partial charge is 0.490 e. The van der Waals surface area contributed by atoms with Crippen molar-refractivity contribution in [2.45, 2.75) is 24.4 Å². The van der Waals surface area contributed by atoms with E-state index in [4.69, 9.17) is 15.6 Å². The Morgan fingerprint density at radius 3 is 2.31 bits per heavy atom. The number of nitrogens with one attached hydrogen (secondary N) is 1. The standard InChI is InChI=1S/C19H21N5O.C2HF3O2/c20-12-19(14-4-2-1-3-5-14)7-10-24(11-8-19)18(25)16-15-6-9-21-17(15)23-13-22-16;3-2(4,5)1(6)7/h1-6,9,13H,7-8,10-12,20H2,(H,21,22,23);(H,6,7). The number of carboxylic acids is 1. The summed E-state index contributed by atoms with van der Waals surface area (Å²) in [6.07, 6.45) is -0.146. The fourth-order valence-electron chi connectivity index (χ4n) is 3.73. The van der Waals surface area contributed by atoms with Gasteiger partial charge in [0.15, 0.2) is 0 Å². The molecule has 0 bridgehead atoms. The molecule has 4 rings (SSSR count). The minimum Gasteiger partial charge on any atom is -0.475 e. The number of nitrogens with zero attached hydrogens (tertiary/aromatic N) is 3. The summed E-state index contributed by atoms with van der Waals surface area (Å²) in [5, 5.41) is 7.89. The lowest BCUT2D eigenvalue weighted by atomic mass is 9.73. The zero-order valence-corrected chi connectivity index (χ0v) is 17.0. The average molecular weight is 449 g/mol.